The normalized spacial score (nSPS) is 20.4. The SMILES string of the molecule is CC(=O)c1c(C)c2cnc(Nc3ccc(N4CCN(CC5CCN(c6cccc(C7CCC(=O)NC7=O)c6)CC5)CC4)cn3)nc2n(C2CCCC2)c1=O. The van der Waals surface area contributed by atoms with E-state index in [2.05, 4.69) is 53.5 Å². The summed E-state index contributed by atoms with van der Waals surface area (Å²) < 4.78 is 1.73. The molecule has 1 saturated carbocycles. The number of benzene rings is 1. The number of imide groups is 1. The summed E-state index contributed by atoms with van der Waals surface area (Å²) in [6, 6.07) is 12.3. The fourth-order valence-electron chi connectivity index (χ4n) is 8.95. The van der Waals surface area contributed by atoms with E-state index in [1.54, 1.807) is 17.7 Å². The van der Waals surface area contributed by atoms with Crippen LogP contribution in [0.15, 0.2) is 53.6 Å². The maximum atomic E-state index is 13.6. The van der Waals surface area contributed by atoms with Gasteiger partial charge in [0.2, 0.25) is 17.8 Å². The van der Waals surface area contributed by atoms with Crippen molar-refractivity contribution in [3.05, 3.63) is 75.8 Å². The summed E-state index contributed by atoms with van der Waals surface area (Å²) in [6.45, 7) is 10.2. The number of pyridine rings is 2. The number of fused-ring (bicyclic) bond motifs is 1. The van der Waals surface area contributed by atoms with Gasteiger partial charge in [-0.2, -0.15) is 4.98 Å². The van der Waals surface area contributed by atoms with E-state index in [0.29, 0.717) is 41.7 Å². The number of Topliss-reactive ketones (excluding diaryl/α,β-unsaturated/α-hetero) is 1. The first-order chi connectivity index (χ1) is 26.2. The summed E-state index contributed by atoms with van der Waals surface area (Å²) in [5.41, 5.74) is 4.38. The highest BCUT2D eigenvalue weighted by Gasteiger charge is 2.30. The van der Waals surface area contributed by atoms with Crippen molar-refractivity contribution < 1.29 is 14.4 Å². The van der Waals surface area contributed by atoms with Gasteiger partial charge in [0.05, 0.1) is 23.4 Å². The average Bonchev–Trinajstić information content (AvgIpc) is 3.70. The van der Waals surface area contributed by atoms with E-state index in [9.17, 15) is 19.2 Å². The minimum absolute atomic E-state index is 0.0239. The minimum atomic E-state index is -0.261. The fourth-order valence-corrected chi connectivity index (χ4v) is 8.95. The van der Waals surface area contributed by atoms with Gasteiger partial charge < -0.3 is 15.1 Å². The van der Waals surface area contributed by atoms with Crippen LogP contribution in [-0.2, 0) is 9.59 Å². The van der Waals surface area contributed by atoms with E-state index in [-0.39, 0.29) is 40.7 Å². The van der Waals surface area contributed by atoms with Gasteiger partial charge in [0.15, 0.2) is 5.78 Å². The Hall–Kier alpha value is -5.17. The van der Waals surface area contributed by atoms with Crippen molar-refractivity contribution in [3.63, 3.8) is 0 Å². The molecule has 4 aromatic rings. The van der Waals surface area contributed by atoms with Gasteiger partial charge in [-0.15, -0.1) is 0 Å². The summed E-state index contributed by atoms with van der Waals surface area (Å²) in [7, 11) is 0. The van der Waals surface area contributed by atoms with Crippen LogP contribution in [0.2, 0.25) is 0 Å². The highest BCUT2D eigenvalue weighted by Crippen LogP contribution is 2.33. The predicted molar refractivity (Wildman–Crippen MR) is 209 cm³/mol. The molecule has 1 unspecified atom stereocenters. The Bertz CT molecular complexity index is 2110. The molecule has 1 atom stereocenters. The molecule has 4 fully saturated rings. The Kier molecular flexibility index (Phi) is 10.1. The zero-order chi connectivity index (χ0) is 37.3. The Morgan fingerprint density at radius 3 is 2.33 bits per heavy atom. The lowest BCUT2D eigenvalue weighted by molar-refractivity contribution is -0.134. The zero-order valence-corrected chi connectivity index (χ0v) is 31.2. The van der Waals surface area contributed by atoms with Crippen LogP contribution in [0.25, 0.3) is 11.0 Å². The molecule has 3 aliphatic heterocycles. The molecule has 2 N–H and O–H groups in total. The highest BCUT2D eigenvalue weighted by atomic mass is 16.2. The third-order valence-corrected chi connectivity index (χ3v) is 12.0. The molecule has 0 radical (unpaired) electrons. The smallest absolute Gasteiger partial charge is 0.263 e. The second kappa shape index (κ2) is 15.3. The Morgan fingerprint density at radius 2 is 1.63 bits per heavy atom. The number of ketones is 1. The van der Waals surface area contributed by atoms with E-state index in [0.717, 1.165) is 107 Å². The average molecular weight is 732 g/mol. The molecule has 2 amide bonds. The van der Waals surface area contributed by atoms with Crippen molar-refractivity contribution in [1.82, 2.24) is 29.7 Å². The molecule has 13 nitrogen and oxygen atoms in total. The number of piperazine rings is 1. The number of anilines is 4. The van der Waals surface area contributed by atoms with Gasteiger partial charge in [0.25, 0.3) is 5.56 Å². The van der Waals surface area contributed by atoms with E-state index in [1.165, 1.54) is 6.92 Å². The number of nitrogens with zero attached hydrogens (tertiary/aromatic N) is 7. The number of hydrogen-bond donors (Lipinski definition) is 2. The Balaban J connectivity index is 0.843. The lowest BCUT2D eigenvalue weighted by atomic mass is 9.90. The predicted octanol–water partition coefficient (Wildman–Crippen LogP) is 5.12. The number of amides is 2. The van der Waals surface area contributed by atoms with E-state index in [1.807, 2.05) is 24.4 Å². The van der Waals surface area contributed by atoms with Crippen LogP contribution in [-0.4, -0.2) is 87.8 Å². The zero-order valence-electron chi connectivity index (χ0n) is 31.2. The van der Waals surface area contributed by atoms with Crippen molar-refractivity contribution in [3.8, 4) is 0 Å². The van der Waals surface area contributed by atoms with Crippen LogP contribution in [0, 0.1) is 12.8 Å². The number of rotatable bonds is 9. The summed E-state index contributed by atoms with van der Waals surface area (Å²) in [6.07, 6.45) is 10.7. The number of aryl methyl sites for hydroxylation is 1. The van der Waals surface area contributed by atoms with Gasteiger partial charge in [-0.3, -0.25) is 34.0 Å². The standard InChI is InChI=1S/C41H49N9O4/c1-26-34-24-43-41(46-38(34)50(30-7-3-4-8-30)40(54)37(26)27(2)51)44-35-12-10-32(23-42-35)49-20-18-47(19-21-49)25-28-14-16-48(17-15-28)31-9-5-6-29(22-31)33-11-13-36(52)45-39(33)53/h5-6,9-10,12,22-24,28,30,33H,3-4,7-8,11,13-21,25H2,1-2H3,(H,45,52,53)(H,42,43,44,46). The van der Waals surface area contributed by atoms with Crippen molar-refractivity contribution >= 4 is 51.8 Å². The lowest BCUT2D eigenvalue weighted by Crippen LogP contribution is -2.49. The van der Waals surface area contributed by atoms with Crippen LogP contribution < -0.4 is 26.0 Å². The van der Waals surface area contributed by atoms with Crippen LogP contribution in [0.4, 0.5) is 23.1 Å². The van der Waals surface area contributed by atoms with Gasteiger partial charge >= 0.3 is 0 Å². The number of carbonyl (C=O) groups is 3. The van der Waals surface area contributed by atoms with Crippen molar-refractivity contribution in [2.45, 2.75) is 77.2 Å². The quantitative estimate of drug-likeness (QED) is 0.175. The number of carbonyl (C=O) groups excluding carboxylic acids is 3. The number of piperidine rings is 2. The van der Waals surface area contributed by atoms with Crippen LogP contribution in [0.5, 0.6) is 0 Å². The summed E-state index contributed by atoms with van der Waals surface area (Å²) in [5.74, 6) is 0.790. The van der Waals surface area contributed by atoms with E-state index >= 15 is 0 Å². The molecule has 1 aliphatic carbocycles. The Labute approximate surface area is 315 Å². The van der Waals surface area contributed by atoms with E-state index < -0.39 is 0 Å². The second-order valence-electron chi connectivity index (χ2n) is 15.4. The highest BCUT2D eigenvalue weighted by molar-refractivity contribution is 6.01. The lowest BCUT2D eigenvalue weighted by Gasteiger charge is -2.40. The fraction of sp³-hybridized carbons (Fsp3) is 0.488. The van der Waals surface area contributed by atoms with Gasteiger partial charge in [0, 0.05) is 75.5 Å². The second-order valence-corrected chi connectivity index (χ2v) is 15.4. The summed E-state index contributed by atoms with van der Waals surface area (Å²) in [4.78, 5) is 71.5. The van der Waals surface area contributed by atoms with Crippen molar-refractivity contribution in [1.29, 1.82) is 0 Å². The monoisotopic (exact) mass is 731 g/mol. The van der Waals surface area contributed by atoms with Crippen molar-refractivity contribution in [2.75, 3.05) is 60.9 Å². The molecule has 3 saturated heterocycles. The Morgan fingerprint density at radius 1 is 0.870 bits per heavy atom. The molecular formula is C41H49N9O4. The van der Waals surface area contributed by atoms with Crippen LogP contribution in [0.1, 0.15) is 91.7 Å². The van der Waals surface area contributed by atoms with Crippen LogP contribution >= 0.6 is 0 Å². The largest absolute Gasteiger partial charge is 0.372 e. The molecule has 0 bridgehead atoms. The first-order valence-corrected chi connectivity index (χ1v) is 19.5. The third-order valence-electron chi connectivity index (χ3n) is 12.0. The molecule has 8 rings (SSSR count). The van der Waals surface area contributed by atoms with E-state index in [4.69, 9.17) is 4.98 Å². The van der Waals surface area contributed by atoms with Gasteiger partial charge in [-0.25, -0.2) is 9.97 Å². The topological polar surface area (TPSA) is 146 Å². The molecule has 54 heavy (non-hydrogen) atoms. The van der Waals surface area contributed by atoms with Gasteiger partial charge in [0.1, 0.15) is 11.5 Å². The molecule has 13 heteroatoms. The minimum Gasteiger partial charge on any atom is -0.372 e. The van der Waals surface area contributed by atoms with Gasteiger partial charge in [-0.1, -0.05) is 25.0 Å². The molecule has 282 valence electrons. The molecule has 0 spiro atoms. The number of nitrogens with one attached hydrogen (secondary N) is 2. The van der Waals surface area contributed by atoms with Crippen molar-refractivity contribution in [2.24, 2.45) is 5.92 Å². The molecule has 1 aromatic carbocycles. The molecule has 6 heterocycles. The number of hydrogen-bond acceptors (Lipinski definition) is 11. The molecule has 4 aliphatic rings. The number of aromatic nitrogens is 4. The van der Waals surface area contributed by atoms with Gasteiger partial charge in [-0.05, 0) is 87.3 Å². The summed E-state index contributed by atoms with van der Waals surface area (Å²) >= 11 is 0. The maximum absolute atomic E-state index is 13.6. The maximum Gasteiger partial charge on any atom is 0.263 e. The van der Waals surface area contributed by atoms with Crippen LogP contribution in [0.3, 0.4) is 0 Å². The first kappa shape index (κ1) is 35.8. The molecular weight excluding hydrogens is 683 g/mol. The summed E-state index contributed by atoms with van der Waals surface area (Å²) in [5, 5.41) is 6.44. The molecule has 3 aromatic heterocycles. The third kappa shape index (κ3) is 7.33. The first-order valence-electron chi connectivity index (χ1n) is 19.5.